The van der Waals surface area contributed by atoms with Gasteiger partial charge in [0.05, 0.1) is 29.6 Å². The molecule has 1 saturated carbocycles. The second-order valence-electron chi connectivity index (χ2n) is 6.14. The number of nitrogens with one attached hydrogen (secondary N) is 1. The molecule has 6 nitrogen and oxygen atoms in total. The van der Waals surface area contributed by atoms with E-state index in [4.69, 9.17) is 0 Å². The number of para-hydroxylation sites is 1. The van der Waals surface area contributed by atoms with Gasteiger partial charge >= 0.3 is 0 Å². The van der Waals surface area contributed by atoms with E-state index in [-0.39, 0.29) is 18.1 Å². The average molecular weight is 313 g/mol. The third-order valence-corrected chi connectivity index (χ3v) is 4.28. The van der Waals surface area contributed by atoms with Crippen molar-refractivity contribution in [2.75, 3.05) is 6.61 Å². The van der Waals surface area contributed by atoms with Gasteiger partial charge in [0.25, 0.3) is 11.7 Å². The summed E-state index contributed by atoms with van der Waals surface area (Å²) in [6.45, 7) is 1.59. The Bertz CT molecular complexity index is 722. The maximum atomic E-state index is 12.3. The molecular formula is C17H19N3O3. The summed E-state index contributed by atoms with van der Waals surface area (Å²) in [6.07, 6.45) is 4.82. The molecule has 0 aliphatic heterocycles. The van der Waals surface area contributed by atoms with Crippen LogP contribution in [0.1, 0.15) is 30.1 Å². The number of hydrogen-bond donors (Lipinski definition) is 2. The Hall–Kier alpha value is -2.47. The molecule has 120 valence electrons. The maximum Gasteiger partial charge on any atom is 0.293 e. The maximum absolute atomic E-state index is 12.3. The highest BCUT2D eigenvalue weighted by Gasteiger charge is 2.43. The molecule has 1 aliphatic carbocycles. The summed E-state index contributed by atoms with van der Waals surface area (Å²) in [7, 11) is 0. The van der Waals surface area contributed by atoms with Gasteiger partial charge in [-0.05, 0) is 37.8 Å². The number of aromatic nitrogens is 2. The molecule has 6 heteroatoms. The van der Waals surface area contributed by atoms with Crippen LogP contribution in [-0.2, 0) is 4.79 Å². The van der Waals surface area contributed by atoms with E-state index in [1.165, 1.54) is 12.4 Å². The molecule has 3 rings (SSSR count). The van der Waals surface area contributed by atoms with Crippen LogP contribution in [0.3, 0.4) is 0 Å². The molecule has 1 unspecified atom stereocenters. The molecule has 2 aromatic rings. The standard InChI is InChI=1S/C17H19N3O3/c1-17(11-21,13-7-8-13)19-16(23)15(22)12-9-18-20(10-12)14-5-3-2-4-6-14/h2-6,9-10,13,21H,7-8,11H2,1H3,(H,19,23). The SMILES string of the molecule is CC(CO)(NC(=O)C(=O)c1cnn(-c2ccccc2)c1)C1CC1. The number of carbonyl (C=O) groups is 2. The minimum atomic E-state index is -0.734. The number of rotatable bonds is 6. The van der Waals surface area contributed by atoms with E-state index < -0.39 is 17.2 Å². The summed E-state index contributed by atoms with van der Waals surface area (Å²) in [4.78, 5) is 24.5. The predicted octanol–water partition coefficient (Wildman–Crippen LogP) is 1.33. The Morgan fingerprint density at radius 1 is 1.35 bits per heavy atom. The highest BCUT2D eigenvalue weighted by Crippen LogP contribution is 2.39. The van der Waals surface area contributed by atoms with Crippen LogP contribution < -0.4 is 5.32 Å². The van der Waals surface area contributed by atoms with E-state index in [2.05, 4.69) is 10.4 Å². The van der Waals surface area contributed by atoms with Crippen LogP contribution in [0.4, 0.5) is 0 Å². The van der Waals surface area contributed by atoms with Crippen molar-refractivity contribution >= 4 is 11.7 Å². The van der Waals surface area contributed by atoms with Crippen LogP contribution in [-0.4, -0.2) is 38.7 Å². The number of ketones is 1. The lowest BCUT2D eigenvalue weighted by molar-refractivity contribution is -0.119. The van der Waals surface area contributed by atoms with Gasteiger partial charge < -0.3 is 10.4 Å². The molecule has 1 atom stereocenters. The zero-order chi connectivity index (χ0) is 16.4. The van der Waals surface area contributed by atoms with Crippen LogP contribution in [0, 0.1) is 5.92 Å². The number of carbonyl (C=O) groups excluding carboxylic acids is 2. The summed E-state index contributed by atoms with van der Waals surface area (Å²) in [5.74, 6) is -1.12. The fourth-order valence-electron chi connectivity index (χ4n) is 2.60. The van der Waals surface area contributed by atoms with Crippen molar-refractivity contribution in [3.8, 4) is 5.69 Å². The van der Waals surface area contributed by atoms with Gasteiger partial charge in [0.1, 0.15) is 0 Å². The highest BCUT2D eigenvalue weighted by atomic mass is 16.3. The normalized spacial score (nSPS) is 16.6. The third-order valence-electron chi connectivity index (χ3n) is 4.28. The summed E-state index contributed by atoms with van der Waals surface area (Å²) in [5.41, 5.74) is 0.301. The topological polar surface area (TPSA) is 84.2 Å². The summed E-state index contributed by atoms with van der Waals surface area (Å²) in [6, 6.07) is 9.34. The first-order chi connectivity index (χ1) is 11.0. The smallest absolute Gasteiger partial charge is 0.293 e. The van der Waals surface area contributed by atoms with E-state index in [0.717, 1.165) is 18.5 Å². The Morgan fingerprint density at radius 2 is 2.04 bits per heavy atom. The number of Topliss-reactive ketones (excluding diaryl/α,β-unsaturated/α-hetero) is 1. The highest BCUT2D eigenvalue weighted by molar-refractivity contribution is 6.42. The largest absolute Gasteiger partial charge is 0.394 e. The van der Waals surface area contributed by atoms with Crippen molar-refractivity contribution in [3.05, 3.63) is 48.3 Å². The molecule has 23 heavy (non-hydrogen) atoms. The number of nitrogens with zero attached hydrogens (tertiary/aromatic N) is 2. The van der Waals surface area contributed by atoms with Crippen LogP contribution in [0.15, 0.2) is 42.7 Å². The number of hydrogen-bond acceptors (Lipinski definition) is 4. The lowest BCUT2D eigenvalue weighted by Gasteiger charge is -2.28. The van der Waals surface area contributed by atoms with E-state index in [1.807, 2.05) is 30.3 Å². The van der Waals surface area contributed by atoms with Crippen molar-refractivity contribution in [1.29, 1.82) is 0 Å². The monoisotopic (exact) mass is 313 g/mol. The summed E-state index contributed by atoms with van der Waals surface area (Å²) >= 11 is 0. The molecule has 0 bridgehead atoms. The van der Waals surface area contributed by atoms with E-state index >= 15 is 0 Å². The van der Waals surface area contributed by atoms with Gasteiger partial charge in [0.2, 0.25) is 0 Å². The molecule has 1 aromatic heterocycles. The van der Waals surface area contributed by atoms with Crippen molar-refractivity contribution in [3.63, 3.8) is 0 Å². The Labute approximate surface area is 134 Å². The van der Waals surface area contributed by atoms with Crippen LogP contribution in [0.2, 0.25) is 0 Å². The first-order valence-corrected chi connectivity index (χ1v) is 7.61. The third kappa shape index (κ3) is 3.17. The molecule has 0 spiro atoms. The van der Waals surface area contributed by atoms with Gasteiger partial charge in [-0.25, -0.2) is 4.68 Å². The molecule has 1 heterocycles. The van der Waals surface area contributed by atoms with Gasteiger partial charge in [0, 0.05) is 6.20 Å². The van der Waals surface area contributed by atoms with Gasteiger partial charge in [-0.3, -0.25) is 9.59 Å². The zero-order valence-corrected chi connectivity index (χ0v) is 12.9. The predicted molar refractivity (Wildman–Crippen MR) is 84.3 cm³/mol. The Balaban J connectivity index is 1.73. The van der Waals surface area contributed by atoms with Gasteiger partial charge in [0.15, 0.2) is 0 Å². The van der Waals surface area contributed by atoms with Crippen molar-refractivity contribution in [2.45, 2.75) is 25.3 Å². The van der Waals surface area contributed by atoms with E-state index in [9.17, 15) is 14.7 Å². The molecule has 1 aromatic carbocycles. The van der Waals surface area contributed by atoms with Gasteiger partial charge in [-0.2, -0.15) is 5.10 Å². The molecule has 2 N–H and O–H groups in total. The number of aliphatic hydroxyl groups excluding tert-OH is 1. The van der Waals surface area contributed by atoms with Crippen LogP contribution in [0.5, 0.6) is 0 Å². The first kappa shape index (κ1) is 15.4. The second kappa shape index (κ2) is 5.96. The van der Waals surface area contributed by atoms with Crippen LogP contribution >= 0.6 is 0 Å². The number of amides is 1. The Kier molecular flexibility index (Phi) is 4.00. The molecule has 0 radical (unpaired) electrons. The van der Waals surface area contributed by atoms with E-state index in [1.54, 1.807) is 11.6 Å². The number of benzene rings is 1. The number of aliphatic hydroxyl groups is 1. The van der Waals surface area contributed by atoms with Crippen molar-refractivity contribution < 1.29 is 14.7 Å². The summed E-state index contributed by atoms with van der Waals surface area (Å²) in [5, 5.41) is 16.3. The van der Waals surface area contributed by atoms with E-state index in [0.29, 0.717) is 0 Å². The lowest BCUT2D eigenvalue weighted by Crippen LogP contribution is -2.52. The Morgan fingerprint density at radius 3 is 2.65 bits per heavy atom. The van der Waals surface area contributed by atoms with Crippen molar-refractivity contribution in [1.82, 2.24) is 15.1 Å². The minimum Gasteiger partial charge on any atom is -0.394 e. The zero-order valence-electron chi connectivity index (χ0n) is 12.9. The van der Waals surface area contributed by atoms with Crippen LogP contribution in [0.25, 0.3) is 5.69 Å². The van der Waals surface area contributed by atoms with Gasteiger partial charge in [-0.1, -0.05) is 18.2 Å². The first-order valence-electron chi connectivity index (χ1n) is 7.61. The minimum absolute atomic E-state index is 0.181. The fourth-order valence-corrected chi connectivity index (χ4v) is 2.60. The molecule has 0 saturated heterocycles. The van der Waals surface area contributed by atoms with Gasteiger partial charge in [-0.15, -0.1) is 0 Å². The summed E-state index contributed by atoms with van der Waals surface area (Å²) < 4.78 is 1.55. The second-order valence-corrected chi connectivity index (χ2v) is 6.14. The fraction of sp³-hybridized carbons (Fsp3) is 0.353. The average Bonchev–Trinajstić information content (AvgIpc) is 3.33. The molecular weight excluding hydrogens is 294 g/mol. The lowest BCUT2D eigenvalue weighted by atomic mass is 9.96. The quantitative estimate of drug-likeness (QED) is 0.622. The molecule has 1 fully saturated rings. The van der Waals surface area contributed by atoms with Crippen molar-refractivity contribution in [2.24, 2.45) is 5.92 Å². The molecule has 1 aliphatic rings. The molecule has 1 amide bonds.